The molecule has 8 nitrogen and oxygen atoms in total. The van der Waals surface area contributed by atoms with E-state index in [1.54, 1.807) is 32.4 Å². The summed E-state index contributed by atoms with van der Waals surface area (Å²) in [6.45, 7) is 3.66. The second-order valence-corrected chi connectivity index (χ2v) is 6.97. The van der Waals surface area contributed by atoms with Crippen LogP contribution in [0.1, 0.15) is 31.4 Å². The van der Waals surface area contributed by atoms with Gasteiger partial charge in [0.1, 0.15) is 18.5 Å². The average Bonchev–Trinajstić information content (AvgIpc) is 3.13. The Morgan fingerprint density at radius 3 is 2.90 bits per heavy atom. The van der Waals surface area contributed by atoms with Gasteiger partial charge in [-0.05, 0) is 25.0 Å². The second-order valence-electron chi connectivity index (χ2n) is 6.97. The smallest absolute Gasteiger partial charge is 0.191 e. The molecule has 30 heavy (non-hydrogen) atoms. The molecule has 0 fully saturated rings. The number of hydrogen-bond donors (Lipinski definition) is 2. The number of nitrogens with zero attached hydrogens (tertiary/aromatic N) is 4. The van der Waals surface area contributed by atoms with E-state index in [4.69, 9.17) is 9.47 Å². The molecule has 0 saturated heterocycles. The molecule has 2 N–H and O–H groups in total. The first-order chi connectivity index (χ1) is 14.1. The Bertz CT molecular complexity index is 831. The third-order valence-corrected chi connectivity index (χ3v) is 4.82. The van der Waals surface area contributed by atoms with Crippen molar-refractivity contribution in [2.45, 2.75) is 51.5 Å². The molecule has 0 bridgehead atoms. The summed E-state index contributed by atoms with van der Waals surface area (Å²) in [5.41, 5.74) is 0. The maximum absolute atomic E-state index is 13.8. The summed E-state index contributed by atoms with van der Waals surface area (Å²) in [6.07, 6.45) is 2.36. The zero-order valence-corrected chi connectivity index (χ0v) is 19.9. The van der Waals surface area contributed by atoms with E-state index in [0.29, 0.717) is 24.9 Å². The van der Waals surface area contributed by atoms with Gasteiger partial charge in [-0.2, -0.15) is 5.10 Å². The van der Waals surface area contributed by atoms with Crippen LogP contribution in [0.15, 0.2) is 29.3 Å². The first-order valence-electron chi connectivity index (χ1n) is 9.92. The fourth-order valence-electron chi connectivity index (χ4n) is 3.26. The first kappa shape index (κ1) is 24.3. The largest absolute Gasteiger partial charge is 0.486 e. The molecule has 1 aliphatic rings. The van der Waals surface area contributed by atoms with Gasteiger partial charge in [0, 0.05) is 26.6 Å². The summed E-state index contributed by atoms with van der Waals surface area (Å²) in [4.78, 5) is 8.80. The van der Waals surface area contributed by atoms with Gasteiger partial charge < -0.3 is 20.1 Å². The van der Waals surface area contributed by atoms with Crippen LogP contribution in [0.4, 0.5) is 4.39 Å². The standard InChI is InChI=1S/C20H29FN6O2.HI/c1-4-15(29-17-8-6-5-7-16(17)21)11-23-20(22-2)24-14-9-10-19-25-18(13-28-3)26-27(19)12-14;/h5-8,14-15H,4,9-13H2,1-3H3,(H2,22,23,24);1H. The van der Waals surface area contributed by atoms with Crippen LogP contribution in [0.25, 0.3) is 0 Å². The molecule has 0 aliphatic carbocycles. The molecule has 1 aliphatic heterocycles. The highest BCUT2D eigenvalue weighted by Crippen LogP contribution is 2.18. The topological polar surface area (TPSA) is 85.6 Å². The van der Waals surface area contributed by atoms with E-state index < -0.39 is 0 Å². The van der Waals surface area contributed by atoms with Crippen LogP contribution in [0.2, 0.25) is 0 Å². The molecule has 10 heteroatoms. The van der Waals surface area contributed by atoms with Gasteiger partial charge in [0.05, 0.1) is 13.1 Å². The lowest BCUT2D eigenvalue weighted by Gasteiger charge is -2.26. The molecular weight excluding hydrogens is 502 g/mol. The Morgan fingerprint density at radius 2 is 2.20 bits per heavy atom. The van der Waals surface area contributed by atoms with Gasteiger partial charge in [0.25, 0.3) is 0 Å². The first-order valence-corrected chi connectivity index (χ1v) is 9.92. The molecule has 0 amide bonds. The maximum Gasteiger partial charge on any atom is 0.191 e. The van der Waals surface area contributed by atoms with Crippen LogP contribution in [0.5, 0.6) is 5.75 Å². The minimum absolute atomic E-state index is 0. The van der Waals surface area contributed by atoms with Gasteiger partial charge in [-0.25, -0.2) is 14.1 Å². The molecule has 166 valence electrons. The minimum atomic E-state index is -0.354. The number of ether oxygens (including phenoxy) is 2. The number of hydrogen-bond acceptors (Lipinski definition) is 5. The summed E-state index contributed by atoms with van der Waals surface area (Å²) in [6, 6.07) is 6.64. The average molecular weight is 532 g/mol. The summed E-state index contributed by atoms with van der Waals surface area (Å²) in [5, 5.41) is 11.2. The predicted molar refractivity (Wildman–Crippen MR) is 124 cm³/mol. The van der Waals surface area contributed by atoms with Crippen molar-refractivity contribution in [1.82, 2.24) is 25.4 Å². The molecular formula is C20H30FIN6O2. The lowest BCUT2D eigenvalue weighted by molar-refractivity contribution is 0.177. The van der Waals surface area contributed by atoms with Gasteiger partial charge in [-0.15, -0.1) is 24.0 Å². The maximum atomic E-state index is 13.8. The van der Waals surface area contributed by atoms with Crippen LogP contribution in [0.3, 0.4) is 0 Å². The molecule has 2 unspecified atom stereocenters. The molecule has 0 saturated carbocycles. The van der Waals surface area contributed by atoms with Crippen molar-refractivity contribution in [3.8, 4) is 5.75 Å². The van der Waals surface area contributed by atoms with E-state index in [2.05, 4.69) is 25.7 Å². The van der Waals surface area contributed by atoms with Crippen molar-refractivity contribution >= 4 is 29.9 Å². The normalized spacial score (nSPS) is 16.9. The Hall–Kier alpha value is -1.95. The predicted octanol–water partition coefficient (Wildman–Crippen LogP) is 2.52. The molecule has 3 rings (SSSR count). The number of para-hydroxylation sites is 1. The number of aryl methyl sites for hydroxylation is 1. The second kappa shape index (κ2) is 12.0. The van der Waals surface area contributed by atoms with Crippen molar-refractivity contribution < 1.29 is 13.9 Å². The van der Waals surface area contributed by atoms with Gasteiger partial charge in [0.2, 0.25) is 0 Å². The monoisotopic (exact) mass is 532 g/mol. The molecule has 2 aromatic rings. The molecule has 0 radical (unpaired) electrons. The lowest BCUT2D eigenvalue weighted by Crippen LogP contribution is -2.49. The van der Waals surface area contributed by atoms with Crippen LogP contribution < -0.4 is 15.4 Å². The number of benzene rings is 1. The van der Waals surface area contributed by atoms with Crippen molar-refractivity contribution in [1.29, 1.82) is 0 Å². The Morgan fingerprint density at radius 1 is 1.40 bits per heavy atom. The Balaban J connectivity index is 0.00000320. The summed E-state index contributed by atoms with van der Waals surface area (Å²) < 4.78 is 26.7. The van der Waals surface area contributed by atoms with Gasteiger partial charge in [-0.1, -0.05) is 19.1 Å². The van der Waals surface area contributed by atoms with Crippen molar-refractivity contribution in [2.24, 2.45) is 4.99 Å². The molecule has 1 aromatic carbocycles. The number of aliphatic imine (C=N–C) groups is 1. The number of halogens is 2. The van der Waals surface area contributed by atoms with E-state index in [1.807, 2.05) is 11.6 Å². The third kappa shape index (κ3) is 6.53. The number of rotatable bonds is 8. The molecule has 1 aromatic heterocycles. The van der Waals surface area contributed by atoms with E-state index in [9.17, 15) is 4.39 Å². The van der Waals surface area contributed by atoms with Gasteiger partial charge in [0.15, 0.2) is 23.4 Å². The SMILES string of the molecule is CCC(CNC(=NC)NC1CCc2nc(COC)nn2C1)Oc1ccccc1F.I. The number of nitrogens with one attached hydrogen (secondary N) is 2. The molecule has 0 spiro atoms. The fraction of sp³-hybridized carbons (Fsp3) is 0.550. The molecule has 2 atom stereocenters. The Labute approximate surface area is 193 Å². The van der Waals surface area contributed by atoms with Crippen LogP contribution >= 0.6 is 24.0 Å². The third-order valence-electron chi connectivity index (χ3n) is 4.82. The number of aromatic nitrogens is 3. The van der Waals surface area contributed by atoms with Crippen molar-refractivity contribution in [3.63, 3.8) is 0 Å². The van der Waals surface area contributed by atoms with Crippen LogP contribution in [-0.4, -0.2) is 53.6 Å². The van der Waals surface area contributed by atoms with E-state index in [1.165, 1.54) is 6.07 Å². The van der Waals surface area contributed by atoms with Crippen molar-refractivity contribution in [3.05, 3.63) is 41.7 Å². The summed E-state index contributed by atoms with van der Waals surface area (Å²) in [7, 11) is 3.37. The highest BCUT2D eigenvalue weighted by atomic mass is 127. The van der Waals surface area contributed by atoms with E-state index in [-0.39, 0.29) is 47.7 Å². The zero-order valence-electron chi connectivity index (χ0n) is 17.6. The number of fused-ring (bicyclic) bond motifs is 1. The van der Waals surface area contributed by atoms with E-state index in [0.717, 1.165) is 31.6 Å². The number of methoxy groups -OCH3 is 1. The highest BCUT2D eigenvalue weighted by Gasteiger charge is 2.22. The Kier molecular flexibility index (Phi) is 9.76. The highest BCUT2D eigenvalue weighted by molar-refractivity contribution is 14.0. The van der Waals surface area contributed by atoms with Gasteiger partial charge in [-0.3, -0.25) is 4.99 Å². The fourth-order valence-corrected chi connectivity index (χ4v) is 3.26. The van der Waals surface area contributed by atoms with Gasteiger partial charge >= 0.3 is 0 Å². The van der Waals surface area contributed by atoms with Crippen LogP contribution in [0, 0.1) is 5.82 Å². The summed E-state index contributed by atoms with van der Waals surface area (Å²) >= 11 is 0. The van der Waals surface area contributed by atoms with Crippen molar-refractivity contribution in [2.75, 3.05) is 20.7 Å². The molecule has 2 heterocycles. The minimum Gasteiger partial charge on any atom is -0.486 e. The quantitative estimate of drug-likeness (QED) is 0.309. The summed E-state index contributed by atoms with van der Waals surface area (Å²) in [5.74, 6) is 2.30. The van der Waals surface area contributed by atoms with Crippen LogP contribution in [-0.2, 0) is 24.3 Å². The number of guanidine groups is 1. The lowest BCUT2D eigenvalue weighted by atomic mass is 10.1. The van der Waals surface area contributed by atoms with E-state index >= 15 is 0 Å². The zero-order chi connectivity index (χ0) is 20.6.